The molecule has 0 bridgehead atoms. The van der Waals surface area contributed by atoms with Crippen molar-refractivity contribution in [3.05, 3.63) is 191 Å². The molecule has 1 aliphatic rings. The lowest BCUT2D eigenvalue weighted by Crippen LogP contribution is -2.15. The lowest BCUT2D eigenvalue weighted by atomic mass is 9.98. The molecule has 0 N–H and O–H groups in total. The third-order valence-electron chi connectivity index (χ3n) is 10.1. The highest BCUT2D eigenvalue weighted by Gasteiger charge is 2.28. The molecule has 296 valence electrons. The number of nitrogens with zero attached hydrogens (tertiary/aromatic N) is 4. The van der Waals surface area contributed by atoms with Crippen LogP contribution in [0.2, 0.25) is 0 Å². The second kappa shape index (κ2) is 20.5. The van der Waals surface area contributed by atoms with Crippen LogP contribution in [0.4, 0.5) is 0 Å². The van der Waals surface area contributed by atoms with E-state index >= 15 is 0 Å². The molecule has 2 aromatic heterocycles. The first kappa shape index (κ1) is 43.2. The number of hydrogen-bond donors (Lipinski definition) is 0. The number of thioether (sulfide) groups is 1. The Morgan fingerprint density at radius 3 is 2.33 bits per heavy atom. The zero-order valence-corrected chi connectivity index (χ0v) is 36.5. The minimum absolute atomic E-state index is 0.528. The summed E-state index contributed by atoms with van der Waals surface area (Å²) in [5.41, 5.74) is 15.6. The highest BCUT2D eigenvalue weighted by Crippen LogP contribution is 2.43. The van der Waals surface area contributed by atoms with Crippen molar-refractivity contribution in [2.24, 2.45) is 9.98 Å². The fraction of sp³-hybridized carbons (Fsp3) is 0.208. The van der Waals surface area contributed by atoms with E-state index in [9.17, 15) is 0 Å². The largest absolute Gasteiger partial charge is 0.308 e. The zero-order chi connectivity index (χ0) is 41.8. The monoisotopic (exact) mass is 782 g/mol. The van der Waals surface area contributed by atoms with Crippen LogP contribution in [0.3, 0.4) is 0 Å². The Bertz CT molecular complexity index is 2470. The smallest absolute Gasteiger partial charge is 0.234 e. The molecule has 0 saturated heterocycles. The molecule has 0 unspecified atom stereocenters. The molecule has 0 aliphatic heterocycles. The second-order valence-corrected chi connectivity index (χ2v) is 15.5. The van der Waals surface area contributed by atoms with E-state index in [0.717, 1.165) is 90.9 Å². The molecule has 4 nitrogen and oxygen atoms in total. The summed E-state index contributed by atoms with van der Waals surface area (Å²) < 4.78 is 4.53. The van der Waals surface area contributed by atoms with Gasteiger partial charge in [0.25, 0.3) is 0 Å². The van der Waals surface area contributed by atoms with Crippen LogP contribution < -0.4 is 0 Å². The molecule has 0 saturated carbocycles. The molecule has 0 spiro atoms. The molecular weight excluding hydrogens is 725 g/mol. The third-order valence-corrected chi connectivity index (χ3v) is 11.1. The van der Waals surface area contributed by atoms with Crippen LogP contribution in [0.1, 0.15) is 81.0 Å². The van der Waals surface area contributed by atoms with Crippen LogP contribution in [0.15, 0.2) is 167 Å². The third kappa shape index (κ3) is 9.61. The number of benzene rings is 2. The topological polar surface area (TPSA) is 34.6 Å². The van der Waals surface area contributed by atoms with Gasteiger partial charge in [0.2, 0.25) is 5.96 Å². The van der Waals surface area contributed by atoms with Crippen molar-refractivity contribution in [2.75, 3.05) is 5.75 Å². The lowest BCUT2D eigenvalue weighted by molar-refractivity contribution is 1.02. The molecule has 0 radical (unpaired) electrons. The Morgan fingerprint density at radius 1 is 0.879 bits per heavy atom. The molecule has 0 amide bonds. The van der Waals surface area contributed by atoms with E-state index in [2.05, 4.69) is 168 Å². The first-order valence-corrected chi connectivity index (χ1v) is 21.1. The van der Waals surface area contributed by atoms with Gasteiger partial charge in [0.1, 0.15) is 0 Å². The summed E-state index contributed by atoms with van der Waals surface area (Å²) in [6, 6.07) is 17.4. The second-order valence-electron chi connectivity index (χ2n) is 14.2. The van der Waals surface area contributed by atoms with E-state index < -0.39 is 0 Å². The molecule has 0 fully saturated rings. The molecular formula is C53H58N4S. The van der Waals surface area contributed by atoms with Crippen LogP contribution in [0, 0.1) is 20.8 Å². The average Bonchev–Trinajstić information content (AvgIpc) is 3.67. The van der Waals surface area contributed by atoms with E-state index in [1.54, 1.807) is 6.08 Å². The number of aryl methyl sites for hydroxylation is 1. The van der Waals surface area contributed by atoms with E-state index in [4.69, 9.17) is 9.98 Å². The maximum Gasteiger partial charge on any atom is 0.234 e. The maximum absolute atomic E-state index is 5.37. The van der Waals surface area contributed by atoms with Gasteiger partial charge in [0, 0.05) is 39.3 Å². The maximum atomic E-state index is 5.37. The number of rotatable bonds is 13. The molecule has 1 aliphatic carbocycles. The van der Waals surface area contributed by atoms with E-state index in [-0.39, 0.29) is 0 Å². The fourth-order valence-electron chi connectivity index (χ4n) is 7.44. The van der Waals surface area contributed by atoms with Gasteiger partial charge < -0.3 is 4.57 Å². The van der Waals surface area contributed by atoms with Crippen molar-refractivity contribution in [3.8, 4) is 28.2 Å². The summed E-state index contributed by atoms with van der Waals surface area (Å²) in [4.78, 5) is 11.8. The average molecular weight is 783 g/mol. The first-order chi connectivity index (χ1) is 28.1. The Labute approximate surface area is 351 Å². The molecule has 2 aromatic carbocycles. The van der Waals surface area contributed by atoms with Crippen molar-refractivity contribution in [1.29, 1.82) is 0 Å². The number of aromatic nitrogens is 2. The van der Waals surface area contributed by atoms with Gasteiger partial charge in [-0.25, -0.2) is 9.98 Å². The normalized spacial score (nSPS) is 16.7. The minimum atomic E-state index is 0.528. The van der Waals surface area contributed by atoms with E-state index in [0.29, 0.717) is 11.7 Å². The summed E-state index contributed by atoms with van der Waals surface area (Å²) in [7, 11) is 0. The zero-order valence-electron chi connectivity index (χ0n) is 35.6. The minimum Gasteiger partial charge on any atom is -0.308 e. The van der Waals surface area contributed by atoms with Crippen molar-refractivity contribution < 1.29 is 0 Å². The van der Waals surface area contributed by atoms with Crippen molar-refractivity contribution in [3.63, 3.8) is 0 Å². The first-order valence-electron chi connectivity index (χ1n) is 20.1. The molecule has 2 heterocycles. The Hall–Kier alpha value is -5.91. The Kier molecular flexibility index (Phi) is 15.3. The van der Waals surface area contributed by atoms with Crippen LogP contribution in [-0.2, 0) is 0 Å². The molecule has 5 heteroatoms. The highest BCUT2D eigenvalue weighted by atomic mass is 32.2. The number of allylic oxidation sites excluding steroid dienone is 12. The van der Waals surface area contributed by atoms with Gasteiger partial charge in [-0.1, -0.05) is 130 Å². The summed E-state index contributed by atoms with van der Waals surface area (Å²) >= 11 is 1.81. The van der Waals surface area contributed by atoms with Crippen LogP contribution in [-0.4, -0.2) is 26.6 Å². The molecule has 4 aromatic rings. The predicted octanol–water partition coefficient (Wildman–Crippen LogP) is 15.0. The Balaban J connectivity index is 1.96. The number of hydrogen-bond acceptors (Lipinski definition) is 2. The Morgan fingerprint density at radius 2 is 1.64 bits per heavy atom. The summed E-state index contributed by atoms with van der Waals surface area (Å²) in [6.07, 6.45) is 31.2. The summed E-state index contributed by atoms with van der Waals surface area (Å²) in [5, 5.41) is 0. The van der Waals surface area contributed by atoms with Gasteiger partial charge in [0.05, 0.1) is 17.1 Å². The van der Waals surface area contributed by atoms with Crippen molar-refractivity contribution in [2.45, 2.75) is 68.2 Å². The predicted molar refractivity (Wildman–Crippen MR) is 259 cm³/mol. The molecule has 0 atom stereocenters. The number of aliphatic imine (C=N–C) groups is 2. The standard InChI is InChI=1S/C53H58N4S/c1-12-17-20-29-38(7)50-41(10)48(15-4)57(45-31-25-30-43(35-45)46-32-24-23-28-37(46)6)52(50)51-40(9)44(27-14-3)36-56(51)53(54-39(8)26-13-2)55-42(11)47-33-21-18-19-22-34-49(47)58-16-5/h12-15,17,20-36H,1,4,11,16,18-19H2,2-3,5-10H3/b20-17-,26-13-,27-14-,33-21+,34-22-,38-29+,49-47-,54-39+,55-53+. The molecule has 5 rings (SSSR count). The van der Waals surface area contributed by atoms with Crippen molar-refractivity contribution >= 4 is 41.2 Å². The fourth-order valence-corrected chi connectivity index (χ4v) is 8.28. The van der Waals surface area contributed by atoms with E-state index in [1.165, 1.54) is 11.1 Å². The quantitative estimate of drug-likeness (QED) is 0.0756. The van der Waals surface area contributed by atoms with Gasteiger partial charge in [0.15, 0.2) is 0 Å². The van der Waals surface area contributed by atoms with Gasteiger partial charge in [-0.2, -0.15) is 0 Å². The van der Waals surface area contributed by atoms with Crippen LogP contribution >= 0.6 is 11.8 Å². The van der Waals surface area contributed by atoms with Crippen molar-refractivity contribution in [1.82, 2.24) is 9.13 Å². The van der Waals surface area contributed by atoms with Gasteiger partial charge in [-0.15, -0.1) is 11.8 Å². The highest BCUT2D eigenvalue weighted by molar-refractivity contribution is 8.03. The van der Waals surface area contributed by atoms with Gasteiger partial charge >= 0.3 is 0 Å². The summed E-state index contributed by atoms with van der Waals surface area (Å²) in [5.74, 6) is 1.47. The van der Waals surface area contributed by atoms with Gasteiger partial charge in [-0.05, 0) is 130 Å². The molecule has 58 heavy (non-hydrogen) atoms. The SMILES string of the molecule is C=C/C=C\C=C(/C)c1c(C)c(C=C)n(-c2cccc(-c3ccccc3C)c2)c1-c1c(C)c(/C=C\C)cn1C(/N=C(C)/C=C\C)=N/C(=C)C1=C(SCC)/C=C\CC\C=C\1. The van der Waals surface area contributed by atoms with Crippen LogP contribution in [0.25, 0.3) is 45.9 Å². The van der Waals surface area contributed by atoms with Gasteiger partial charge in [-0.3, -0.25) is 4.57 Å². The lowest BCUT2D eigenvalue weighted by Gasteiger charge is -2.19. The summed E-state index contributed by atoms with van der Waals surface area (Å²) in [6.45, 7) is 29.9. The van der Waals surface area contributed by atoms with Crippen LogP contribution in [0.5, 0.6) is 0 Å². The van der Waals surface area contributed by atoms with E-state index in [1.807, 2.05) is 56.0 Å².